The lowest BCUT2D eigenvalue weighted by Gasteiger charge is -2.10. The Kier molecular flexibility index (Phi) is 4.18. The number of halogens is 1. The van der Waals surface area contributed by atoms with E-state index in [2.05, 4.69) is 9.97 Å². The Morgan fingerprint density at radius 2 is 2.17 bits per heavy atom. The van der Waals surface area contributed by atoms with Crippen LogP contribution >= 0.6 is 0 Å². The minimum Gasteiger partial charge on any atom is -0.434 e. The quantitative estimate of drug-likeness (QED) is 0.692. The van der Waals surface area contributed by atoms with Gasteiger partial charge in [0, 0.05) is 23.8 Å². The van der Waals surface area contributed by atoms with Crippen LogP contribution in [0, 0.1) is 5.82 Å². The van der Waals surface area contributed by atoms with Crippen molar-refractivity contribution in [2.24, 2.45) is 0 Å². The largest absolute Gasteiger partial charge is 0.515 e. The molecule has 0 radical (unpaired) electrons. The normalized spacial score (nSPS) is 10.7. The fourth-order valence-electron chi connectivity index (χ4n) is 2.27. The lowest BCUT2D eigenvalue weighted by molar-refractivity contribution is 0.101. The third-order valence-electron chi connectivity index (χ3n) is 3.21. The van der Waals surface area contributed by atoms with Crippen molar-refractivity contribution >= 4 is 17.1 Å². The Labute approximate surface area is 131 Å². The number of fused-ring (bicyclic) bond motifs is 1. The molecule has 23 heavy (non-hydrogen) atoms. The first-order valence-corrected chi connectivity index (χ1v) is 7.05. The molecule has 0 saturated heterocycles. The molecular formula is C16H14FN3O3. The second-order valence-electron chi connectivity index (χ2n) is 4.75. The molecule has 0 spiro atoms. The Morgan fingerprint density at radius 1 is 1.30 bits per heavy atom. The summed E-state index contributed by atoms with van der Waals surface area (Å²) in [7, 11) is 0. The highest BCUT2D eigenvalue weighted by atomic mass is 19.1. The number of rotatable bonds is 4. The average Bonchev–Trinajstić information content (AvgIpc) is 2.85. The van der Waals surface area contributed by atoms with Gasteiger partial charge in [-0.3, -0.25) is 9.97 Å². The van der Waals surface area contributed by atoms with Crippen molar-refractivity contribution in [3.8, 4) is 5.88 Å². The van der Waals surface area contributed by atoms with E-state index in [9.17, 15) is 9.18 Å². The second-order valence-corrected chi connectivity index (χ2v) is 4.75. The van der Waals surface area contributed by atoms with E-state index in [0.717, 1.165) is 5.52 Å². The zero-order chi connectivity index (χ0) is 16.2. The first-order valence-electron chi connectivity index (χ1n) is 7.05. The number of carbonyl (C=O) groups is 1. The second kappa shape index (κ2) is 6.43. The Bertz CT molecular complexity index is 833. The van der Waals surface area contributed by atoms with E-state index < -0.39 is 6.16 Å². The van der Waals surface area contributed by atoms with Gasteiger partial charge in [0.25, 0.3) is 0 Å². The molecule has 0 amide bonds. The smallest absolute Gasteiger partial charge is 0.434 e. The predicted octanol–water partition coefficient (Wildman–Crippen LogP) is 3.15. The molecule has 0 aliphatic carbocycles. The fraction of sp³-hybridized carbons (Fsp3) is 0.188. The molecule has 118 valence electrons. The van der Waals surface area contributed by atoms with Crippen LogP contribution in [0.1, 0.15) is 12.6 Å². The lowest BCUT2D eigenvalue weighted by Crippen LogP contribution is -2.13. The van der Waals surface area contributed by atoms with E-state index in [1.807, 2.05) is 0 Å². The molecular weight excluding hydrogens is 301 g/mol. The van der Waals surface area contributed by atoms with E-state index in [1.54, 1.807) is 42.2 Å². The van der Waals surface area contributed by atoms with Gasteiger partial charge >= 0.3 is 6.16 Å². The molecule has 2 heterocycles. The molecule has 3 aromatic rings. The summed E-state index contributed by atoms with van der Waals surface area (Å²) >= 11 is 0. The van der Waals surface area contributed by atoms with E-state index in [0.29, 0.717) is 17.6 Å². The van der Waals surface area contributed by atoms with Crippen LogP contribution in [0.4, 0.5) is 9.18 Å². The number of hydrogen-bond donors (Lipinski definition) is 0. The summed E-state index contributed by atoms with van der Waals surface area (Å²) in [6.45, 7) is 2.22. The van der Waals surface area contributed by atoms with Gasteiger partial charge in [-0.2, -0.15) is 0 Å². The third-order valence-corrected chi connectivity index (χ3v) is 3.21. The fourth-order valence-corrected chi connectivity index (χ4v) is 2.27. The summed E-state index contributed by atoms with van der Waals surface area (Å²) < 4.78 is 25.2. The highest BCUT2D eigenvalue weighted by molar-refractivity contribution is 5.83. The summed E-state index contributed by atoms with van der Waals surface area (Å²) in [5.41, 5.74) is 1.40. The first-order chi connectivity index (χ1) is 11.2. The van der Waals surface area contributed by atoms with Gasteiger partial charge in [0.15, 0.2) is 0 Å². The van der Waals surface area contributed by atoms with Crippen molar-refractivity contribution in [3.05, 3.63) is 54.4 Å². The molecule has 0 N–H and O–H groups in total. The molecule has 6 nitrogen and oxygen atoms in total. The Balaban J connectivity index is 2.02. The lowest BCUT2D eigenvalue weighted by atomic mass is 10.2. The minimum absolute atomic E-state index is 0.206. The molecule has 0 unspecified atom stereocenters. The van der Waals surface area contributed by atoms with Gasteiger partial charge in [-0.05, 0) is 25.1 Å². The van der Waals surface area contributed by atoms with Crippen LogP contribution in [0.3, 0.4) is 0 Å². The average molecular weight is 315 g/mol. The highest BCUT2D eigenvalue weighted by Crippen LogP contribution is 2.27. The summed E-state index contributed by atoms with van der Waals surface area (Å²) in [6.07, 6.45) is 3.95. The van der Waals surface area contributed by atoms with Gasteiger partial charge in [-0.15, -0.1) is 0 Å². The molecule has 0 atom stereocenters. The molecule has 7 heteroatoms. The maximum absolute atomic E-state index is 13.4. The van der Waals surface area contributed by atoms with Crippen molar-refractivity contribution in [2.75, 3.05) is 6.61 Å². The van der Waals surface area contributed by atoms with E-state index in [1.165, 1.54) is 12.1 Å². The predicted molar refractivity (Wildman–Crippen MR) is 80.7 cm³/mol. The van der Waals surface area contributed by atoms with Crippen molar-refractivity contribution in [2.45, 2.75) is 13.5 Å². The van der Waals surface area contributed by atoms with Gasteiger partial charge in [0.1, 0.15) is 5.82 Å². The summed E-state index contributed by atoms with van der Waals surface area (Å²) in [5, 5.41) is 0.619. The number of carbonyl (C=O) groups excluding carboxylic acids is 1. The van der Waals surface area contributed by atoms with Crippen LogP contribution < -0.4 is 4.74 Å². The van der Waals surface area contributed by atoms with Gasteiger partial charge < -0.3 is 14.0 Å². The van der Waals surface area contributed by atoms with Crippen molar-refractivity contribution in [1.29, 1.82) is 0 Å². The van der Waals surface area contributed by atoms with E-state index >= 15 is 0 Å². The van der Waals surface area contributed by atoms with Crippen LogP contribution in [-0.4, -0.2) is 27.3 Å². The zero-order valence-electron chi connectivity index (χ0n) is 12.4. The van der Waals surface area contributed by atoms with Crippen LogP contribution in [0.25, 0.3) is 10.9 Å². The highest BCUT2D eigenvalue weighted by Gasteiger charge is 2.15. The summed E-state index contributed by atoms with van der Waals surface area (Å²) in [5.74, 6) is -0.105. The van der Waals surface area contributed by atoms with Crippen molar-refractivity contribution < 1.29 is 18.7 Å². The van der Waals surface area contributed by atoms with Gasteiger partial charge in [0.05, 0.1) is 30.6 Å². The maximum atomic E-state index is 13.4. The van der Waals surface area contributed by atoms with Crippen molar-refractivity contribution in [3.63, 3.8) is 0 Å². The number of benzene rings is 1. The van der Waals surface area contributed by atoms with Crippen LogP contribution in [0.2, 0.25) is 0 Å². The van der Waals surface area contributed by atoms with E-state index in [-0.39, 0.29) is 18.3 Å². The van der Waals surface area contributed by atoms with Crippen LogP contribution in [0.5, 0.6) is 5.88 Å². The topological polar surface area (TPSA) is 66.2 Å². The molecule has 0 aliphatic rings. The molecule has 0 fully saturated rings. The summed E-state index contributed by atoms with van der Waals surface area (Å²) in [6, 6.07) is 5.94. The number of aromatic nitrogens is 3. The van der Waals surface area contributed by atoms with Gasteiger partial charge in [-0.25, -0.2) is 9.18 Å². The maximum Gasteiger partial charge on any atom is 0.515 e. The molecule has 3 rings (SSSR count). The molecule has 0 saturated carbocycles. The first kappa shape index (κ1) is 15.0. The Morgan fingerprint density at radius 3 is 2.91 bits per heavy atom. The molecule has 2 aromatic heterocycles. The molecule has 0 bridgehead atoms. The van der Waals surface area contributed by atoms with E-state index in [4.69, 9.17) is 9.47 Å². The Hall–Kier alpha value is -2.96. The number of ether oxygens (including phenoxy) is 2. The molecule has 0 aliphatic heterocycles. The van der Waals surface area contributed by atoms with Crippen LogP contribution in [-0.2, 0) is 11.3 Å². The standard InChI is InChI=1S/C16H14FN3O3/c1-2-22-16(21)23-15-8-11-7-12(17)3-4-14(11)20(15)10-13-9-18-5-6-19-13/h3-9H,2,10H2,1H3. The van der Waals surface area contributed by atoms with Gasteiger partial charge in [-0.1, -0.05) is 0 Å². The number of nitrogens with zero attached hydrogens (tertiary/aromatic N) is 3. The number of hydrogen-bond acceptors (Lipinski definition) is 5. The SMILES string of the molecule is CCOC(=O)Oc1cc2cc(F)ccc2n1Cc1cnccn1. The summed E-state index contributed by atoms with van der Waals surface area (Å²) in [4.78, 5) is 19.8. The van der Waals surface area contributed by atoms with Gasteiger partial charge in [0.2, 0.25) is 5.88 Å². The monoisotopic (exact) mass is 315 g/mol. The minimum atomic E-state index is -0.809. The van der Waals surface area contributed by atoms with Crippen LogP contribution in [0.15, 0.2) is 42.9 Å². The van der Waals surface area contributed by atoms with Crippen molar-refractivity contribution in [1.82, 2.24) is 14.5 Å². The zero-order valence-corrected chi connectivity index (χ0v) is 12.4. The third kappa shape index (κ3) is 3.28. The molecule has 1 aromatic carbocycles.